The van der Waals surface area contributed by atoms with Crippen molar-refractivity contribution in [2.75, 3.05) is 6.54 Å². The minimum Gasteiger partial charge on any atom is -0.422 e. The zero-order valence-corrected chi connectivity index (χ0v) is 15.5. The summed E-state index contributed by atoms with van der Waals surface area (Å²) in [5.41, 5.74) is 3.21. The molecule has 27 heavy (non-hydrogen) atoms. The minimum atomic E-state index is -0.433. The van der Waals surface area contributed by atoms with E-state index in [9.17, 15) is 9.59 Å². The molecule has 0 spiro atoms. The first-order chi connectivity index (χ1) is 13.1. The third kappa shape index (κ3) is 3.65. The molecular weight excluding hydrogens is 342 g/mol. The normalized spacial score (nSPS) is 14.5. The van der Waals surface area contributed by atoms with Crippen LogP contribution in [0, 0.1) is 6.92 Å². The van der Waals surface area contributed by atoms with Crippen molar-refractivity contribution < 1.29 is 9.21 Å². The summed E-state index contributed by atoms with van der Waals surface area (Å²) in [7, 11) is 0. The number of benzene rings is 1. The number of fused-ring (bicyclic) bond motifs is 3. The van der Waals surface area contributed by atoms with Gasteiger partial charge in [-0.05, 0) is 51.2 Å². The van der Waals surface area contributed by atoms with Crippen LogP contribution < -0.4 is 10.9 Å². The Hall–Kier alpha value is -2.89. The van der Waals surface area contributed by atoms with Crippen molar-refractivity contribution in [3.63, 3.8) is 0 Å². The predicted molar refractivity (Wildman–Crippen MR) is 105 cm³/mol. The molecule has 1 aliphatic rings. The quantitative estimate of drug-likeness (QED) is 0.555. The molecule has 0 saturated heterocycles. The number of allylic oxidation sites excluding steroid dienone is 1. The van der Waals surface area contributed by atoms with E-state index in [0.29, 0.717) is 23.0 Å². The van der Waals surface area contributed by atoms with Crippen LogP contribution in [0.15, 0.2) is 45.3 Å². The van der Waals surface area contributed by atoms with Crippen molar-refractivity contribution in [1.29, 1.82) is 0 Å². The lowest BCUT2D eigenvalue weighted by atomic mass is 9.97. The molecule has 2 heterocycles. The van der Waals surface area contributed by atoms with Gasteiger partial charge in [0.25, 0.3) is 0 Å². The molecule has 0 aliphatic heterocycles. The van der Waals surface area contributed by atoms with Crippen LogP contribution in [0.1, 0.15) is 37.7 Å². The van der Waals surface area contributed by atoms with Gasteiger partial charge in [-0.25, -0.2) is 4.79 Å². The van der Waals surface area contributed by atoms with E-state index in [1.54, 1.807) is 10.7 Å². The number of carbonyl (C=O) groups excluding carboxylic acids is 1. The van der Waals surface area contributed by atoms with Crippen LogP contribution in [-0.2, 0) is 11.3 Å². The number of rotatable bonds is 5. The van der Waals surface area contributed by atoms with Crippen LogP contribution in [0.25, 0.3) is 21.9 Å². The fraction of sp³-hybridized carbons (Fsp3) is 0.381. The molecule has 2 aromatic heterocycles. The number of amides is 1. The Morgan fingerprint density at radius 2 is 2.19 bits per heavy atom. The van der Waals surface area contributed by atoms with Crippen molar-refractivity contribution >= 4 is 27.8 Å². The Labute approximate surface area is 156 Å². The van der Waals surface area contributed by atoms with Gasteiger partial charge in [0, 0.05) is 11.9 Å². The number of hydrogen-bond donors (Lipinski definition) is 1. The second-order valence-corrected chi connectivity index (χ2v) is 7.16. The molecule has 0 bridgehead atoms. The van der Waals surface area contributed by atoms with Crippen LogP contribution in [-0.4, -0.2) is 22.2 Å². The maximum atomic E-state index is 12.4. The number of hydrogen-bond acceptors (Lipinski definition) is 4. The molecule has 1 aromatic carbocycles. The van der Waals surface area contributed by atoms with Crippen molar-refractivity contribution in [3.05, 3.63) is 52.0 Å². The Bertz CT molecular complexity index is 1090. The Morgan fingerprint density at radius 3 is 3.00 bits per heavy atom. The summed E-state index contributed by atoms with van der Waals surface area (Å²) < 4.78 is 6.95. The fourth-order valence-electron chi connectivity index (χ4n) is 3.70. The van der Waals surface area contributed by atoms with Crippen LogP contribution in [0.4, 0.5) is 0 Å². The summed E-state index contributed by atoms with van der Waals surface area (Å²) in [6, 6.07) is 5.62. The van der Waals surface area contributed by atoms with E-state index in [1.165, 1.54) is 24.6 Å². The lowest BCUT2D eigenvalue weighted by Crippen LogP contribution is -2.29. The SMILES string of the molecule is Cc1ccc2oc(=O)c3cnn(CC(=O)NCCC4=CCCCC4)c3c2c1. The van der Waals surface area contributed by atoms with Crippen molar-refractivity contribution in [2.45, 2.75) is 45.6 Å². The molecule has 1 N–H and O–H groups in total. The summed E-state index contributed by atoms with van der Waals surface area (Å²) in [5.74, 6) is -0.106. The van der Waals surface area contributed by atoms with Gasteiger partial charge in [0.1, 0.15) is 17.5 Å². The minimum absolute atomic E-state index is 0.0784. The Morgan fingerprint density at radius 1 is 1.30 bits per heavy atom. The maximum absolute atomic E-state index is 12.4. The monoisotopic (exact) mass is 365 g/mol. The molecule has 6 heteroatoms. The van der Waals surface area contributed by atoms with E-state index in [-0.39, 0.29) is 12.5 Å². The van der Waals surface area contributed by atoms with Gasteiger partial charge in [0.05, 0.1) is 11.7 Å². The first kappa shape index (κ1) is 17.5. The van der Waals surface area contributed by atoms with Gasteiger partial charge in [-0.2, -0.15) is 5.10 Å². The largest absolute Gasteiger partial charge is 0.422 e. The van der Waals surface area contributed by atoms with E-state index in [4.69, 9.17) is 4.42 Å². The summed E-state index contributed by atoms with van der Waals surface area (Å²) >= 11 is 0. The average molecular weight is 365 g/mol. The van der Waals surface area contributed by atoms with E-state index >= 15 is 0 Å². The van der Waals surface area contributed by atoms with Crippen LogP contribution >= 0.6 is 0 Å². The second-order valence-electron chi connectivity index (χ2n) is 7.16. The average Bonchev–Trinajstić information content (AvgIpc) is 3.08. The lowest BCUT2D eigenvalue weighted by molar-refractivity contribution is -0.121. The zero-order valence-electron chi connectivity index (χ0n) is 15.5. The van der Waals surface area contributed by atoms with E-state index < -0.39 is 5.63 Å². The molecule has 3 aromatic rings. The van der Waals surface area contributed by atoms with Crippen molar-refractivity contribution in [1.82, 2.24) is 15.1 Å². The van der Waals surface area contributed by atoms with Gasteiger partial charge in [0.2, 0.25) is 5.91 Å². The second kappa shape index (κ2) is 7.39. The summed E-state index contributed by atoms with van der Waals surface area (Å²) in [6.07, 6.45) is 9.47. The summed E-state index contributed by atoms with van der Waals surface area (Å²) in [5, 5.41) is 8.41. The number of carbonyl (C=O) groups is 1. The van der Waals surface area contributed by atoms with Crippen LogP contribution in [0.3, 0.4) is 0 Å². The van der Waals surface area contributed by atoms with Gasteiger partial charge < -0.3 is 9.73 Å². The highest BCUT2D eigenvalue weighted by molar-refractivity contribution is 6.02. The molecule has 6 nitrogen and oxygen atoms in total. The molecule has 0 atom stereocenters. The van der Waals surface area contributed by atoms with Gasteiger partial charge in [-0.1, -0.05) is 23.3 Å². The smallest absolute Gasteiger partial charge is 0.347 e. The molecule has 1 amide bonds. The van der Waals surface area contributed by atoms with Gasteiger partial charge in [-0.15, -0.1) is 0 Å². The topological polar surface area (TPSA) is 77.1 Å². The highest BCUT2D eigenvalue weighted by Gasteiger charge is 2.15. The molecule has 0 radical (unpaired) electrons. The molecule has 4 rings (SSSR count). The van der Waals surface area contributed by atoms with Gasteiger partial charge in [0.15, 0.2) is 0 Å². The van der Waals surface area contributed by atoms with E-state index in [1.807, 2.05) is 19.1 Å². The molecular formula is C21H23N3O3. The molecule has 140 valence electrons. The first-order valence-corrected chi connectivity index (χ1v) is 9.45. The lowest BCUT2D eigenvalue weighted by Gasteiger charge is -2.13. The number of nitrogens with one attached hydrogen (secondary N) is 1. The van der Waals surface area contributed by atoms with Gasteiger partial charge >= 0.3 is 5.63 Å². The third-order valence-corrected chi connectivity index (χ3v) is 5.10. The Balaban J connectivity index is 1.54. The third-order valence-electron chi connectivity index (χ3n) is 5.10. The molecule has 0 fully saturated rings. The molecule has 1 aliphatic carbocycles. The van der Waals surface area contributed by atoms with Crippen LogP contribution in [0.2, 0.25) is 0 Å². The van der Waals surface area contributed by atoms with Gasteiger partial charge in [-0.3, -0.25) is 9.48 Å². The van der Waals surface area contributed by atoms with Crippen molar-refractivity contribution in [2.24, 2.45) is 0 Å². The number of nitrogens with zero attached hydrogens (tertiary/aromatic N) is 2. The zero-order chi connectivity index (χ0) is 18.8. The van der Waals surface area contributed by atoms with Crippen LogP contribution in [0.5, 0.6) is 0 Å². The number of aromatic nitrogens is 2. The molecule has 0 unspecified atom stereocenters. The van der Waals surface area contributed by atoms with E-state index in [0.717, 1.165) is 30.2 Å². The molecule has 0 saturated carbocycles. The highest BCUT2D eigenvalue weighted by Crippen LogP contribution is 2.24. The predicted octanol–water partition coefficient (Wildman–Crippen LogP) is 3.46. The first-order valence-electron chi connectivity index (χ1n) is 9.45. The summed E-state index contributed by atoms with van der Waals surface area (Å²) in [6.45, 7) is 2.69. The van der Waals surface area contributed by atoms with Crippen molar-refractivity contribution in [3.8, 4) is 0 Å². The fourth-order valence-corrected chi connectivity index (χ4v) is 3.70. The number of aryl methyl sites for hydroxylation is 1. The van der Waals surface area contributed by atoms with E-state index in [2.05, 4.69) is 16.5 Å². The summed E-state index contributed by atoms with van der Waals surface area (Å²) in [4.78, 5) is 24.6. The standard InChI is InChI=1S/C21H23N3O3/c1-14-7-8-18-16(11-14)20-17(21(26)27-18)12-23-24(20)13-19(25)22-10-9-15-5-3-2-4-6-15/h5,7-8,11-12H,2-4,6,9-10,13H2,1H3,(H,22,25). The maximum Gasteiger partial charge on any atom is 0.347 e. The Kier molecular flexibility index (Phi) is 4.79. The highest BCUT2D eigenvalue weighted by atomic mass is 16.4.